The van der Waals surface area contributed by atoms with Gasteiger partial charge in [-0.1, -0.05) is 32.9 Å². The van der Waals surface area contributed by atoms with E-state index < -0.39 is 5.54 Å². The van der Waals surface area contributed by atoms with Gasteiger partial charge in [0, 0.05) is 25.4 Å². The van der Waals surface area contributed by atoms with Gasteiger partial charge in [0.15, 0.2) is 0 Å². The molecule has 2 heterocycles. The Morgan fingerprint density at radius 2 is 1.91 bits per heavy atom. The molecule has 2 aliphatic heterocycles. The van der Waals surface area contributed by atoms with Crippen LogP contribution < -0.4 is 10.6 Å². The average molecular weight is 339 g/mol. The van der Waals surface area contributed by atoms with Crippen LogP contribution in [0.1, 0.15) is 44.7 Å². The molecule has 0 bridgehead atoms. The molecule has 0 radical (unpaired) electrons. The van der Waals surface area contributed by atoms with Crippen molar-refractivity contribution in [2.45, 2.75) is 51.0 Å². The zero-order valence-electron chi connectivity index (χ0n) is 14.2. The number of hydrogen-bond acceptors (Lipinski definition) is 3. The summed E-state index contributed by atoms with van der Waals surface area (Å²) in [6, 6.07) is 6.47. The first-order valence-corrected chi connectivity index (χ1v) is 8.13. The number of nitrogens with zero attached hydrogens (tertiary/aromatic N) is 1. The quantitative estimate of drug-likeness (QED) is 0.856. The van der Waals surface area contributed by atoms with E-state index in [4.69, 9.17) is 10.5 Å². The van der Waals surface area contributed by atoms with Gasteiger partial charge in [-0.25, -0.2) is 0 Å². The number of rotatable bonds is 1. The molecule has 0 saturated carbocycles. The number of carbonyl (C=O) groups excluding carboxylic acids is 1. The van der Waals surface area contributed by atoms with Crippen LogP contribution in [0.5, 0.6) is 0 Å². The Bertz CT molecular complexity index is 589. The monoisotopic (exact) mass is 338 g/mol. The third-order valence-corrected chi connectivity index (χ3v) is 4.90. The maximum Gasteiger partial charge on any atom is 0.247 e. The number of amides is 1. The Labute approximate surface area is 144 Å². The lowest BCUT2D eigenvalue weighted by molar-refractivity contribution is -0.126. The van der Waals surface area contributed by atoms with E-state index in [1.807, 2.05) is 4.90 Å². The summed E-state index contributed by atoms with van der Waals surface area (Å²) in [5, 5.41) is 0. The Morgan fingerprint density at radius 1 is 1.26 bits per heavy atom. The second kappa shape index (κ2) is 6.42. The largest absolute Gasteiger partial charge is 0.381 e. The first-order valence-electron chi connectivity index (χ1n) is 8.13. The van der Waals surface area contributed by atoms with E-state index >= 15 is 0 Å². The molecule has 4 nitrogen and oxygen atoms in total. The number of halogens is 1. The summed E-state index contributed by atoms with van der Waals surface area (Å²) in [6.07, 6.45) is 2.13. The second-order valence-corrected chi connectivity index (χ2v) is 7.57. The van der Waals surface area contributed by atoms with Crippen LogP contribution in [-0.4, -0.2) is 31.2 Å². The smallest absolute Gasteiger partial charge is 0.247 e. The number of carbonyl (C=O) groups is 1. The second-order valence-electron chi connectivity index (χ2n) is 7.57. The van der Waals surface area contributed by atoms with E-state index in [2.05, 4.69) is 39.0 Å². The molecule has 0 aliphatic carbocycles. The van der Waals surface area contributed by atoms with E-state index in [1.165, 1.54) is 11.1 Å². The molecule has 1 aromatic rings. The van der Waals surface area contributed by atoms with E-state index in [1.54, 1.807) is 0 Å². The van der Waals surface area contributed by atoms with Crippen LogP contribution >= 0.6 is 12.4 Å². The Morgan fingerprint density at radius 3 is 2.52 bits per heavy atom. The molecular weight excluding hydrogens is 312 g/mol. The Balaban J connectivity index is 0.00000192. The number of fused-ring (bicyclic) bond motifs is 1. The van der Waals surface area contributed by atoms with Crippen molar-refractivity contribution >= 4 is 24.0 Å². The standard InChI is InChI=1S/C18H26N2O2.ClH/c1-17(2,3)14-4-5-15-13(12-14)6-9-20(15)16(21)18(19)7-10-22-11-8-18;/h4-5,12H,6-11,19H2,1-3H3;1H. The fourth-order valence-corrected chi connectivity index (χ4v) is 3.30. The highest BCUT2D eigenvalue weighted by atomic mass is 35.5. The third kappa shape index (κ3) is 3.39. The summed E-state index contributed by atoms with van der Waals surface area (Å²) in [5.41, 5.74) is 9.34. The lowest BCUT2D eigenvalue weighted by Gasteiger charge is -2.35. The Kier molecular flexibility index (Phi) is 5.09. The van der Waals surface area contributed by atoms with Crippen molar-refractivity contribution in [3.05, 3.63) is 29.3 Å². The fourth-order valence-electron chi connectivity index (χ4n) is 3.30. The molecule has 23 heavy (non-hydrogen) atoms. The summed E-state index contributed by atoms with van der Waals surface area (Å²) < 4.78 is 5.35. The molecule has 0 unspecified atom stereocenters. The van der Waals surface area contributed by atoms with Crippen LogP contribution in [0.2, 0.25) is 0 Å². The molecule has 3 rings (SSSR count). The van der Waals surface area contributed by atoms with E-state index in [-0.39, 0.29) is 23.7 Å². The molecule has 1 amide bonds. The summed E-state index contributed by atoms with van der Waals surface area (Å²) in [4.78, 5) is 14.8. The first-order chi connectivity index (χ1) is 10.3. The predicted molar refractivity (Wildman–Crippen MR) is 95.4 cm³/mol. The van der Waals surface area contributed by atoms with Crippen LogP contribution in [-0.2, 0) is 21.4 Å². The minimum absolute atomic E-state index is 0. The number of hydrogen-bond donors (Lipinski definition) is 1. The van der Waals surface area contributed by atoms with Gasteiger partial charge in [-0.3, -0.25) is 4.79 Å². The topological polar surface area (TPSA) is 55.6 Å². The van der Waals surface area contributed by atoms with Crippen molar-refractivity contribution in [1.29, 1.82) is 0 Å². The highest BCUT2D eigenvalue weighted by Gasteiger charge is 2.41. The van der Waals surface area contributed by atoms with Gasteiger partial charge in [0.25, 0.3) is 0 Å². The molecule has 0 spiro atoms. The normalized spacial score (nSPS) is 19.9. The number of benzene rings is 1. The van der Waals surface area contributed by atoms with Crippen molar-refractivity contribution in [2.24, 2.45) is 5.73 Å². The predicted octanol–water partition coefficient (Wildman–Crippen LogP) is 2.80. The van der Waals surface area contributed by atoms with Gasteiger partial charge in [0.05, 0.1) is 0 Å². The van der Waals surface area contributed by atoms with Crippen LogP contribution in [0, 0.1) is 0 Å². The zero-order valence-corrected chi connectivity index (χ0v) is 15.0. The van der Waals surface area contributed by atoms with Gasteiger partial charge in [-0.2, -0.15) is 0 Å². The van der Waals surface area contributed by atoms with Crippen molar-refractivity contribution in [1.82, 2.24) is 0 Å². The molecular formula is C18H27ClN2O2. The van der Waals surface area contributed by atoms with Crippen LogP contribution in [0.25, 0.3) is 0 Å². The molecule has 5 heteroatoms. The molecule has 2 N–H and O–H groups in total. The SMILES string of the molecule is CC(C)(C)c1ccc2c(c1)CCN2C(=O)C1(N)CCOCC1.Cl. The van der Waals surface area contributed by atoms with E-state index in [0.717, 1.165) is 18.7 Å². The highest BCUT2D eigenvalue weighted by molar-refractivity contribution is 6.01. The summed E-state index contributed by atoms with van der Waals surface area (Å²) >= 11 is 0. The lowest BCUT2D eigenvalue weighted by Crippen LogP contribution is -2.58. The van der Waals surface area contributed by atoms with E-state index in [9.17, 15) is 4.79 Å². The molecule has 1 fully saturated rings. The number of ether oxygens (including phenoxy) is 1. The average Bonchev–Trinajstić information content (AvgIpc) is 2.89. The van der Waals surface area contributed by atoms with Crippen molar-refractivity contribution in [2.75, 3.05) is 24.7 Å². The third-order valence-electron chi connectivity index (χ3n) is 4.90. The summed E-state index contributed by atoms with van der Waals surface area (Å²) in [7, 11) is 0. The summed E-state index contributed by atoms with van der Waals surface area (Å²) in [6.45, 7) is 8.52. The highest BCUT2D eigenvalue weighted by Crippen LogP contribution is 2.35. The Hall–Kier alpha value is -1.10. The van der Waals surface area contributed by atoms with Crippen LogP contribution in [0.15, 0.2) is 18.2 Å². The minimum Gasteiger partial charge on any atom is -0.381 e. The molecule has 1 saturated heterocycles. The maximum atomic E-state index is 12.9. The lowest BCUT2D eigenvalue weighted by atomic mass is 9.86. The first kappa shape index (κ1) is 18.2. The number of anilines is 1. The molecule has 0 aromatic heterocycles. The van der Waals surface area contributed by atoms with Crippen molar-refractivity contribution in [3.8, 4) is 0 Å². The van der Waals surface area contributed by atoms with Gasteiger partial charge in [0.1, 0.15) is 5.54 Å². The van der Waals surface area contributed by atoms with Crippen molar-refractivity contribution < 1.29 is 9.53 Å². The van der Waals surface area contributed by atoms with Gasteiger partial charge in [0.2, 0.25) is 5.91 Å². The van der Waals surface area contributed by atoms with Gasteiger partial charge >= 0.3 is 0 Å². The van der Waals surface area contributed by atoms with Gasteiger partial charge in [-0.15, -0.1) is 12.4 Å². The van der Waals surface area contributed by atoms with Crippen LogP contribution in [0.3, 0.4) is 0 Å². The maximum absolute atomic E-state index is 12.9. The molecule has 2 aliphatic rings. The van der Waals surface area contributed by atoms with Crippen LogP contribution in [0.4, 0.5) is 5.69 Å². The molecule has 128 valence electrons. The van der Waals surface area contributed by atoms with Crippen molar-refractivity contribution in [3.63, 3.8) is 0 Å². The summed E-state index contributed by atoms with van der Waals surface area (Å²) in [5.74, 6) is 0.0538. The molecule has 0 atom stereocenters. The molecule has 1 aromatic carbocycles. The number of nitrogens with two attached hydrogens (primary N) is 1. The van der Waals surface area contributed by atoms with Gasteiger partial charge < -0.3 is 15.4 Å². The minimum atomic E-state index is -0.761. The zero-order chi connectivity index (χ0) is 16.0. The van der Waals surface area contributed by atoms with E-state index in [0.29, 0.717) is 26.1 Å². The van der Waals surface area contributed by atoms with Gasteiger partial charge in [-0.05, 0) is 41.9 Å². The fraction of sp³-hybridized carbons (Fsp3) is 0.611.